The Hall–Kier alpha value is -1.79. The van der Waals surface area contributed by atoms with E-state index in [1.807, 2.05) is 14.0 Å². The number of non-ortho nitro benzene ring substituents is 1. The molecule has 5 nitrogen and oxygen atoms in total. The Kier molecular flexibility index (Phi) is 3.92. The van der Waals surface area contributed by atoms with Gasteiger partial charge in [-0.3, -0.25) is 10.1 Å². The summed E-state index contributed by atoms with van der Waals surface area (Å²) in [6.07, 6.45) is 0. The van der Waals surface area contributed by atoms with Gasteiger partial charge in [0.15, 0.2) is 0 Å². The van der Waals surface area contributed by atoms with E-state index in [9.17, 15) is 10.1 Å². The number of nitro benzene ring substituents is 1. The summed E-state index contributed by atoms with van der Waals surface area (Å²) in [7, 11) is 1.91. The quantitative estimate of drug-likeness (QED) is 0.687. The molecular weight excluding hydrogens is 262 g/mol. The van der Waals surface area contributed by atoms with Gasteiger partial charge in [0.2, 0.25) is 0 Å². The Morgan fingerprint density at radius 2 is 2.00 bits per heavy atom. The number of aromatic nitrogens is 1. The van der Waals surface area contributed by atoms with E-state index in [4.69, 9.17) is 0 Å². The van der Waals surface area contributed by atoms with Gasteiger partial charge in [-0.05, 0) is 33.0 Å². The number of nitro groups is 1. The highest BCUT2D eigenvalue weighted by Gasteiger charge is 2.14. The molecule has 0 fully saturated rings. The number of hydrogen-bond donors (Lipinski definition) is 1. The van der Waals surface area contributed by atoms with Crippen LogP contribution in [0.5, 0.6) is 0 Å². The second-order valence-electron chi connectivity index (χ2n) is 4.28. The number of hydrogen-bond acceptors (Lipinski definition) is 5. The van der Waals surface area contributed by atoms with E-state index < -0.39 is 4.92 Å². The second-order valence-corrected chi connectivity index (χ2v) is 5.31. The van der Waals surface area contributed by atoms with E-state index in [2.05, 4.69) is 17.2 Å². The van der Waals surface area contributed by atoms with Gasteiger partial charge in [-0.25, -0.2) is 4.98 Å². The van der Waals surface area contributed by atoms with Crippen LogP contribution in [0.15, 0.2) is 24.3 Å². The van der Waals surface area contributed by atoms with Gasteiger partial charge in [-0.2, -0.15) is 0 Å². The van der Waals surface area contributed by atoms with E-state index in [1.165, 1.54) is 17.0 Å². The summed E-state index contributed by atoms with van der Waals surface area (Å²) in [4.78, 5) is 15.9. The average molecular weight is 277 g/mol. The lowest BCUT2D eigenvalue weighted by Gasteiger charge is -2.06. The van der Waals surface area contributed by atoms with Crippen molar-refractivity contribution in [2.24, 2.45) is 0 Å². The highest BCUT2D eigenvalue weighted by molar-refractivity contribution is 7.15. The van der Waals surface area contributed by atoms with Crippen molar-refractivity contribution >= 4 is 17.0 Å². The summed E-state index contributed by atoms with van der Waals surface area (Å²) in [6, 6.07) is 6.75. The van der Waals surface area contributed by atoms with Crippen molar-refractivity contribution in [1.29, 1.82) is 0 Å². The predicted molar refractivity (Wildman–Crippen MR) is 76.4 cm³/mol. The molecule has 6 heteroatoms. The van der Waals surface area contributed by atoms with Crippen molar-refractivity contribution in [3.63, 3.8) is 0 Å². The molecule has 0 saturated heterocycles. The first-order chi connectivity index (χ1) is 9.02. The molecule has 0 saturated carbocycles. The lowest BCUT2D eigenvalue weighted by molar-refractivity contribution is -0.384. The number of nitrogens with zero attached hydrogens (tertiary/aromatic N) is 2. The number of rotatable bonds is 4. The molecule has 100 valence electrons. The fraction of sp³-hybridized carbons (Fsp3) is 0.308. The minimum Gasteiger partial charge on any atom is -0.312 e. The second kappa shape index (κ2) is 5.46. The molecule has 0 radical (unpaired) electrons. The van der Waals surface area contributed by atoms with Gasteiger partial charge in [-0.15, -0.1) is 11.3 Å². The SMILES string of the molecule is CNC(C)c1sc(-c2ccc([N+](=O)[O-])cc2)nc1C. The summed E-state index contributed by atoms with van der Waals surface area (Å²) in [5.74, 6) is 0. The monoisotopic (exact) mass is 277 g/mol. The molecule has 1 unspecified atom stereocenters. The van der Waals surface area contributed by atoms with Crippen molar-refractivity contribution in [3.8, 4) is 10.6 Å². The normalized spacial score (nSPS) is 12.4. The van der Waals surface area contributed by atoms with Gasteiger partial charge in [0, 0.05) is 28.6 Å². The molecule has 2 rings (SSSR count). The van der Waals surface area contributed by atoms with Crippen LogP contribution >= 0.6 is 11.3 Å². The number of thiazole rings is 1. The first-order valence-corrected chi connectivity index (χ1v) is 6.74. The van der Waals surface area contributed by atoms with Crippen molar-refractivity contribution in [1.82, 2.24) is 10.3 Å². The van der Waals surface area contributed by atoms with Gasteiger partial charge in [-0.1, -0.05) is 0 Å². The fourth-order valence-corrected chi connectivity index (χ4v) is 2.92. The third-order valence-electron chi connectivity index (χ3n) is 2.98. The minimum absolute atomic E-state index is 0.0980. The Balaban J connectivity index is 2.34. The Labute approximate surface area is 115 Å². The van der Waals surface area contributed by atoms with Gasteiger partial charge in [0.25, 0.3) is 5.69 Å². The van der Waals surface area contributed by atoms with Crippen LogP contribution in [0.4, 0.5) is 5.69 Å². The standard InChI is InChI=1S/C13H15N3O2S/c1-8(14-3)12-9(2)15-13(19-12)10-4-6-11(7-5-10)16(17)18/h4-8,14H,1-3H3. The third kappa shape index (κ3) is 2.80. The first-order valence-electron chi connectivity index (χ1n) is 5.92. The van der Waals surface area contributed by atoms with Crippen LogP contribution in [0.3, 0.4) is 0 Å². The Morgan fingerprint density at radius 3 is 2.53 bits per heavy atom. The third-order valence-corrected chi connectivity index (χ3v) is 4.37. The lowest BCUT2D eigenvalue weighted by Crippen LogP contribution is -2.11. The van der Waals surface area contributed by atoms with E-state index in [0.29, 0.717) is 0 Å². The highest BCUT2D eigenvalue weighted by atomic mass is 32.1. The van der Waals surface area contributed by atoms with Crippen LogP contribution < -0.4 is 5.32 Å². The Bertz CT molecular complexity index is 592. The maximum Gasteiger partial charge on any atom is 0.269 e. The summed E-state index contributed by atoms with van der Waals surface area (Å²) in [5.41, 5.74) is 2.01. The van der Waals surface area contributed by atoms with Crippen LogP contribution in [0.1, 0.15) is 23.5 Å². The summed E-state index contributed by atoms with van der Waals surface area (Å²) in [5, 5.41) is 14.7. The Morgan fingerprint density at radius 1 is 1.37 bits per heavy atom. The molecule has 1 aromatic heterocycles. The van der Waals surface area contributed by atoms with E-state index >= 15 is 0 Å². The van der Waals surface area contributed by atoms with Gasteiger partial charge >= 0.3 is 0 Å². The average Bonchev–Trinajstić information content (AvgIpc) is 2.80. The zero-order valence-corrected chi connectivity index (χ0v) is 11.8. The van der Waals surface area contributed by atoms with Gasteiger partial charge in [0.05, 0.1) is 10.6 Å². The molecule has 1 atom stereocenters. The molecule has 0 spiro atoms. The van der Waals surface area contributed by atoms with Gasteiger partial charge in [0.1, 0.15) is 5.01 Å². The van der Waals surface area contributed by atoms with E-state index in [-0.39, 0.29) is 11.7 Å². The van der Waals surface area contributed by atoms with Crippen LogP contribution in [-0.2, 0) is 0 Å². The molecule has 2 aromatic rings. The highest BCUT2D eigenvalue weighted by Crippen LogP contribution is 2.32. The topological polar surface area (TPSA) is 68.1 Å². The molecule has 0 aliphatic carbocycles. The largest absolute Gasteiger partial charge is 0.312 e. The van der Waals surface area contributed by atoms with Crippen LogP contribution in [-0.4, -0.2) is 17.0 Å². The zero-order valence-electron chi connectivity index (χ0n) is 11.0. The molecule has 1 aromatic carbocycles. The summed E-state index contributed by atoms with van der Waals surface area (Å²) < 4.78 is 0. The molecule has 0 bridgehead atoms. The van der Waals surface area contributed by atoms with Crippen LogP contribution in [0, 0.1) is 17.0 Å². The number of aryl methyl sites for hydroxylation is 1. The zero-order chi connectivity index (χ0) is 14.0. The van der Waals surface area contributed by atoms with Crippen molar-refractivity contribution in [2.75, 3.05) is 7.05 Å². The van der Waals surface area contributed by atoms with E-state index in [0.717, 1.165) is 16.3 Å². The minimum atomic E-state index is -0.397. The van der Waals surface area contributed by atoms with Crippen molar-refractivity contribution < 1.29 is 4.92 Å². The van der Waals surface area contributed by atoms with Gasteiger partial charge < -0.3 is 5.32 Å². The molecule has 19 heavy (non-hydrogen) atoms. The van der Waals surface area contributed by atoms with Crippen molar-refractivity contribution in [3.05, 3.63) is 45.0 Å². The van der Waals surface area contributed by atoms with E-state index in [1.54, 1.807) is 23.5 Å². The van der Waals surface area contributed by atoms with Crippen LogP contribution in [0.2, 0.25) is 0 Å². The predicted octanol–water partition coefficient (Wildman–Crippen LogP) is 3.31. The maximum atomic E-state index is 10.6. The molecule has 0 aliphatic rings. The summed E-state index contributed by atoms with van der Waals surface area (Å²) >= 11 is 1.62. The smallest absolute Gasteiger partial charge is 0.269 e. The first kappa shape index (κ1) is 13.6. The maximum absolute atomic E-state index is 10.6. The number of benzene rings is 1. The molecule has 0 amide bonds. The van der Waals surface area contributed by atoms with Crippen molar-refractivity contribution in [2.45, 2.75) is 19.9 Å². The van der Waals surface area contributed by atoms with Crippen LogP contribution in [0.25, 0.3) is 10.6 Å². The lowest BCUT2D eigenvalue weighted by atomic mass is 10.2. The summed E-state index contributed by atoms with van der Waals surface area (Å²) in [6.45, 7) is 4.06. The molecule has 0 aliphatic heterocycles. The fourth-order valence-electron chi connectivity index (χ4n) is 1.79. The molecular formula is C13H15N3O2S. The number of nitrogens with one attached hydrogen (secondary N) is 1. The molecule has 1 N–H and O–H groups in total. The molecule has 1 heterocycles.